The van der Waals surface area contributed by atoms with Gasteiger partial charge in [-0.1, -0.05) is 20.8 Å². The van der Waals surface area contributed by atoms with Crippen molar-refractivity contribution in [2.75, 3.05) is 26.1 Å². The fraction of sp³-hybridized carbons (Fsp3) is 0.480. The first kappa shape index (κ1) is 28.4. The molecule has 1 aliphatic heterocycles. The number of aliphatic hydroxyl groups is 1. The Hall–Kier alpha value is -4.13. The summed E-state index contributed by atoms with van der Waals surface area (Å²) < 4.78 is 14.9. The first-order valence-corrected chi connectivity index (χ1v) is 12.0. The molecular formula is C25H33N5O8. The molecule has 0 aromatic carbocycles. The lowest BCUT2D eigenvalue weighted by molar-refractivity contribution is -0.144. The molecule has 2 amide bonds. The highest BCUT2D eigenvalue weighted by molar-refractivity contribution is 5.95. The van der Waals surface area contributed by atoms with Crippen LogP contribution in [-0.2, 0) is 30.3 Å². The average Bonchev–Trinajstić information content (AvgIpc) is 3.52. The largest absolute Gasteiger partial charge is 0.469 e. The number of aromatic amines is 1. The number of carbonyl (C=O) groups excluding carboxylic acids is 4. The summed E-state index contributed by atoms with van der Waals surface area (Å²) in [7, 11) is 2.41. The number of fused-ring (bicyclic) bond motifs is 1. The first-order valence-electron chi connectivity index (χ1n) is 12.0. The van der Waals surface area contributed by atoms with Crippen LogP contribution in [0.5, 0.6) is 0 Å². The van der Waals surface area contributed by atoms with Gasteiger partial charge in [0.25, 0.3) is 5.91 Å². The minimum atomic E-state index is -1.05. The van der Waals surface area contributed by atoms with E-state index in [0.29, 0.717) is 35.9 Å². The molecule has 0 saturated heterocycles. The summed E-state index contributed by atoms with van der Waals surface area (Å²) >= 11 is 0. The fourth-order valence-corrected chi connectivity index (χ4v) is 3.55. The van der Waals surface area contributed by atoms with Crippen molar-refractivity contribution in [1.82, 2.24) is 15.2 Å². The second-order valence-electron chi connectivity index (χ2n) is 9.73. The van der Waals surface area contributed by atoms with Gasteiger partial charge in [0.1, 0.15) is 23.4 Å². The summed E-state index contributed by atoms with van der Waals surface area (Å²) in [6.07, 6.45) is 0.748. The number of carbonyl (C=O) groups is 4. The van der Waals surface area contributed by atoms with Crippen LogP contribution < -0.4 is 10.6 Å². The third-order valence-corrected chi connectivity index (χ3v) is 5.84. The summed E-state index contributed by atoms with van der Waals surface area (Å²) in [5.41, 5.74) is -0.0706. The Morgan fingerprint density at radius 1 is 1.21 bits per heavy atom. The zero-order chi connectivity index (χ0) is 28.0. The molecule has 0 spiro atoms. The van der Waals surface area contributed by atoms with Crippen LogP contribution in [0.1, 0.15) is 61.7 Å². The van der Waals surface area contributed by atoms with Crippen LogP contribution in [0.4, 0.5) is 11.6 Å². The van der Waals surface area contributed by atoms with Gasteiger partial charge in [-0.2, -0.15) is 0 Å². The van der Waals surface area contributed by atoms with Crippen molar-refractivity contribution in [3.05, 3.63) is 35.3 Å². The number of aliphatic hydroxyl groups excluding tert-OH is 1. The fourth-order valence-electron chi connectivity index (χ4n) is 3.55. The Morgan fingerprint density at radius 3 is 2.61 bits per heavy atom. The minimum Gasteiger partial charge on any atom is -0.469 e. The SMILES string of the molecule is COC(=O)CC[C@@H](NC(=O)c1ccc(CCN2C=Nc3[nH]c(NC(=O)C(C)(C)C)cc3C2O)o1)C(=O)OC. The number of hydrogen-bond acceptors (Lipinski definition) is 10. The number of nitrogens with one attached hydrogen (secondary N) is 3. The molecule has 3 heterocycles. The van der Waals surface area contributed by atoms with Gasteiger partial charge in [-0.25, -0.2) is 9.79 Å². The second-order valence-corrected chi connectivity index (χ2v) is 9.73. The highest BCUT2D eigenvalue weighted by atomic mass is 16.5. The van der Waals surface area contributed by atoms with E-state index < -0.39 is 35.5 Å². The predicted octanol–water partition coefficient (Wildman–Crippen LogP) is 2.03. The summed E-state index contributed by atoms with van der Waals surface area (Å²) in [5, 5.41) is 16.1. The predicted molar refractivity (Wildman–Crippen MR) is 136 cm³/mol. The van der Waals surface area contributed by atoms with E-state index in [4.69, 9.17) is 9.15 Å². The van der Waals surface area contributed by atoms with E-state index in [-0.39, 0.29) is 24.5 Å². The molecule has 0 saturated carbocycles. The van der Waals surface area contributed by atoms with E-state index in [0.717, 1.165) is 0 Å². The van der Waals surface area contributed by atoms with Gasteiger partial charge in [-0.3, -0.25) is 14.4 Å². The molecule has 13 nitrogen and oxygen atoms in total. The number of nitrogens with zero attached hydrogens (tertiary/aromatic N) is 2. The number of amides is 2. The highest BCUT2D eigenvalue weighted by Gasteiger charge is 2.28. The molecule has 0 fully saturated rings. The topological polar surface area (TPSA) is 176 Å². The number of esters is 2. The van der Waals surface area contributed by atoms with Crippen molar-refractivity contribution < 1.29 is 38.2 Å². The molecule has 3 rings (SSSR count). The molecule has 0 aliphatic carbocycles. The average molecular weight is 532 g/mol. The van der Waals surface area contributed by atoms with Gasteiger partial charge in [0.2, 0.25) is 5.91 Å². The molecule has 2 atom stereocenters. The molecule has 1 unspecified atom stereocenters. The van der Waals surface area contributed by atoms with E-state index >= 15 is 0 Å². The maximum Gasteiger partial charge on any atom is 0.328 e. The lowest BCUT2D eigenvalue weighted by Crippen LogP contribution is -2.41. The number of aromatic nitrogens is 1. The van der Waals surface area contributed by atoms with Crippen LogP contribution in [0, 0.1) is 5.41 Å². The zero-order valence-corrected chi connectivity index (χ0v) is 22.0. The van der Waals surface area contributed by atoms with Crippen LogP contribution in [0.25, 0.3) is 0 Å². The molecule has 2 aromatic heterocycles. The van der Waals surface area contributed by atoms with Gasteiger partial charge in [0, 0.05) is 30.4 Å². The number of H-pyrrole nitrogens is 1. The van der Waals surface area contributed by atoms with Crippen molar-refractivity contribution in [3.63, 3.8) is 0 Å². The number of methoxy groups -OCH3 is 2. The molecule has 0 bridgehead atoms. The number of ether oxygens (including phenoxy) is 2. The lowest BCUT2D eigenvalue weighted by atomic mass is 9.96. The Morgan fingerprint density at radius 2 is 1.95 bits per heavy atom. The number of hydrogen-bond donors (Lipinski definition) is 4. The third-order valence-electron chi connectivity index (χ3n) is 5.84. The van der Waals surface area contributed by atoms with Crippen LogP contribution >= 0.6 is 0 Å². The number of aliphatic imine (C=N–C) groups is 1. The zero-order valence-electron chi connectivity index (χ0n) is 22.0. The van der Waals surface area contributed by atoms with E-state index in [1.807, 2.05) is 0 Å². The van der Waals surface area contributed by atoms with Crippen molar-refractivity contribution in [2.24, 2.45) is 10.4 Å². The maximum atomic E-state index is 12.6. The summed E-state index contributed by atoms with van der Waals surface area (Å²) in [6.45, 7) is 5.71. The molecule has 0 radical (unpaired) electrons. The van der Waals surface area contributed by atoms with Gasteiger partial charge >= 0.3 is 11.9 Å². The van der Waals surface area contributed by atoms with Crippen molar-refractivity contribution in [1.29, 1.82) is 0 Å². The van der Waals surface area contributed by atoms with Crippen molar-refractivity contribution in [2.45, 2.75) is 52.3 Å². The maximum absolute atomic E-state index is 12.6. The molecule has 4 N–H and O–H groups in total. The number of anilines is 1. The van der Waals surface area contributed by atoms with Crippen molar-refractivity contribution in [3.8, 4) is 0 Å². The lowest BCUT2D eigenvalue weighted by Gasteiger charge is -2.28. The van der Waals surface area contributed by atoms with Gasteiger partial charge in [0.15, 0.2) is 12.0 Å². The van der Waals surface area contributed by atoms with Crippen LogP contribution in [0.3, 0.4) is 0 Å². The van der Waals surface area contributed by atoms with E-state index in [9.17, 15) is 24.3 Å². The van der Waals surface area contributed by atoms with Gasteiger partial charge in [-0.05, 0) is 24.6 Å². The first-order chi connectivity index (χ1) is 17.9. The van der Waals surface area contributed by atoms with Crippen molar-refractivity contribution >= 4 is 41.7 Å². The normalized spacial score (nSPS) is 15.4. The summed E-state index contributed by atoms with van der Waals surface area (Å²) in [4.78, 5) is 57.2. The van der Waals surface area contributed by atoms with E-state index in [1.165, 1.54) is 26.6 Å². The summed E-state index contributed by atoms with van der Waals surface area (Å²) in [5.74, 6) is -0.700. The molecule has 206 valence electrons. The highest BCUT2D eigenvalue weighted by Crippen LogP contribution is 2.34. The quantitative estimate of drug-likeness (QED) is 0.334. The van der Waals surface area contributed by atoms with E-state index in [1.54, 1.807) is 37.8 Å². The Bertz CT molecular complexity index is 1210. The Balaban J connectivity index is 1.57. The van der Waals surface area contributed by atoms with Gasteiger partial charge in [-0.15, -0.1) is 0 Å². The number of rotatable bonds is 10. The molecule has 2 aromatic rings. The molecule has 38 heavy (non-hydrogen) atoms. The minimum absolute atomic E-state index is 0.00752. The second kappa shape index (κ2) is 11.9. The molecular weight excluding hydrogens is 498 g/mol. The van der Waals surface area contributed by atoms with Crippen LogP contribution in [0.2, 0.25) is 0 Å². The van der Waals surface area contributed by atoms with Gasteiger partial charge in [0.05, 0.1) is 20.6 Å². The van der Waals surface area contributed by atoms with Crippen LogP contribution in [-0.4, -0.2) is 71.9 Å². The Labute approximate surface area is 219 Å². The third kappa shape index (κ3) is 7.00. The monoisotopic (exact) mass is 531 g/mol. The van der Waals surface area contributed by atoms with Gasteiger partial charge < -0.3 is 39.5 Å². The summed E-state index contributed by atoms with van der Waals surface area (Å²) in [6, 6.07) is 3.68. The molecule has 1 aliphatic rings. The molecule has 13 heteroatoms. The van der Waals surface area contributed by atoms with Crippen LogP contribution in [0.15, 0.2) is 27.6 Å². The standard InChI is InChI=1S/C25H33N5O8/c1-25(2,3)24(35)29-18-12-15-20(28-18)26-13-30(22(15)33)11-10-14-6-8-17(38-14)21(32)27-16(23(34)37-5)7-9-19(31)36-4/h6,8,12-13,16,22,28,33H,7,9-11H2,1-5H3,(H,27,32)(H,29,35)/t16-,22?/m1/s1. The smallest absolute Gasteiger partial charge is 0.328 e. The Kier molecular flexibility index (Phi) is 8.94. The van der Waals surface area contributed by atoms with E-state index in [2.05, 4.69) is 25.3 Å². The number of furan rings is 1.